The smallest absolute Gasteiger partial charge is 0.0697 e. The molecule has 1 aliphatic rings. The molecule has 3 nitrogen and oxygen atoms in total. The Balaban J connectivity index is 1.97. The van der Waals surface area contributed by atoms with Crippen molar-refractivity contribution in [2.24, 2.45) is 0 Å². The van der Waals surface area contributed by atoms with E-state index in [-0.39, 0.29) is 0 Å². The molecular weight excluding hydrogens is 270 g/mol. The molecule has 0 saturated carbocycles. The molecule has 0 unspecified atom stereocenters. The Labute approximate surface area is 124 Å². The van der Waals surface area contributed by atoms with Gasteiger partial charge in [0.15, 0.2) is 0 Å². The second kappa shape index (κ2) is 5.58. The van der Waals surface area contributed by atoms with E-state index in [9.17, 15) is 0 Å². The highest BCUT2D eigenvalue weighted by Gasteiger charge is 2.22. The lowest BCUT2D eigenvalue weighted by molar-refractivity contribution is 0.582. The van der Waals surface area contributed by atoms with Gasteiger partial charge in [0.1, 0.15) is 0 Å². The van der Waals surface area contributed by atoms with E-state index in [2.05, 4.69) is 29.9 Å². The number of hydrogen-bond donors (Lipinski definition) is 1. The second-order valence-electron chi connectivity index (χ2n) is 5.68. The molecule has 4 heteroatoms. The predicted molar refractivity (Wildman–Crippen MR) is 82.3 cm³/mol. The molecule has 1 N–H and O–H groups in total. The molecule has 20 heavy (non-hydrogen) atoms. The highest BCUT2D eigenvalue weighted by atomic mass is 35.5. The van der Waals surface area contributed by atoms with Crippen LogP contribution in [0.4, 0.5) is 0 Å². The summed E-state index contributed by atoms with van der Waals surface area (Å²) >= 11 is 6.07. The van der Waals surface area contributed by atoms with Crippen LogP contribution in [0.15, 0.2) is 24.3 Å². The van der Waals surface area contributed by atoms with E-state index in [1.807, 2.05) is 18.2 Å². The van der Waals surface area contributed by atoms with E-state index < -0.39 is 0 Å². The van der Waals surface area contributed by atoms with Crippen molar-refractivity contribution in [1.29, 1.82) is 0 Å². The van der Waals surface area contributed by atoms with Crippen LogP contribution >= 0.6 is 11.6 Å². The molecule has 106 valence electrons. The summed E-state index contributed by atoms with van der Waals surface area (Å²) in [6, 6.07) is 8.04. The molecular formula is C16H20ClN3. The zero-order valence-corrected chi connectivity index (χ0v) is 12.7. The van der Waals surface area contributed by atoms with Gasteiger partial charge in [-0.3, -0.25) is 4.68 Å². The van der Waals surface area contributed by atoms with E-state index in [1.165, 1.54) is 22.5 Å². The molecule has 2 heterocycles. The summed E-state index contributed by atoms with van der Waals surface area (Å²) in [5, 5.41) is 9.08. The first-order chi connectivity index (χ1) is 9.65. The van der Waals surface area contributed by atoms with Gasteiger partial charge in [0.05, 0.1) is 12.2 Å². The molecule has 1 aliphatic heterocycles. The molecule has 0 spiro atoms. The minimum atomic E-state index is 0.462. The Hall–Kier alpha value is -1.32. The molecule has 0 amide bonds. The SMILES string of the molecule is CC(C)c1nn(Cc2cccc(Cl)c2)c2c1CNCC2. The zero-order chi connectivity index (χ0) is 14.1. The number of halogens is 1. The van der Waals surface area contributed by atoms with Gasteiger partial charge in [0.25, 0.3) is 0 Å². The summed E-state index contributed by atoms with van der Waals surface area (Å²) in [6.07, 6.45) is 1.05. The molecule has 1 aromatic heterocycles. The third-order valence-electron chi connectivity index (χ3n) is 3.81. The molecule has 0 saturated heterocycles. The monoisotopic (exact) mass is 289 g/mol. The fourth-order valence-electron chi connectivity index (χ4n) is 2.85. The normalized spacial score (nSPS) is 14.6. The molecule has 0 atom stereocenters. The summed E-state index contributed by atoms with van der Waals surface area (Å²) < 4.78 is 2.16. The molecule has 2 aromatic rings. The molecule has 0 fully saturated rings. The van der Waals surface area contributed by atoms with Crippen LogP contribution in [-0.4, -0.2) is 16.3 Å². The minimum absolute atomic E-state index is 0.462. The van der Waals surface area contributed by atoms with Crippen molar-refractivity contribution in [2.45, 2.75) is 39.3 Å². The maximum absolute atomic E-state index is 6.07. The Morgan fingerprint density at radius 1 is 1.40 bits per heavy atom. The van der Waals surface area contributed by atoms with Crippen LogP contribution in [0.1, 0.15) is 42.3 Å². The predicted octanol–water partition coefficient (Wildman–Crippen LogP) is 3.35. The lowest BCUT2D eigenvalue weighted by Gasteiger charge is -2.16. The van der Waals surface area contributed by atoms with E-state index in [1.54, 1.807) is 0 Å². The van der Waals surface area contributed by atoms with Gasteiger partial charge in [0, 0.05) is 35.8 Å². The molecule has 3 rings (SSSR count). The number of benzene rings is 1. The van der Waals surface area contributed by atoms with Gasteiger partial charge in [-0.2, -0.15) is 5.10 Å². The zero-order valence-electron chi connectivity index (χ0n) is 12.0. The summed E-state index contributed by atoms with van der Waals surface area (Å²) in [6.45, 7) is 7.20. The Morgan fingerprint density at radius 3 is 3.00 bits per heavy atom. The van der Waals surface area contributed by atoms with Gasteiger partial charge in [-0.25, -0.2) is 0 Å². The van der Waals surface area contributed by atoms with Gasteiger partial charge >= 0.3 is 0 Å². The number of nitrogens with zero attached hydrogens (tertiary/aromatic N) is 2. The summed E-state index contributed by atoms with van der Waals surface area (Å²) in [5.74, 6) is 0.462. The lowest BCUT2D eigenvalue weighted by Crippen LogP contribution is -2.25. The molecule has 0 radical (unpaired) electrons. The fraction of sp³-hybridized carbons (Fsp3) is 0.438. The van der Waals surface area contributed by atoms with Gasteiger partial charge in [0.2, 0.25) is 0 Å². The van der Waals surface area contributed by atoms with Crippen molar-refractivity contribution < 1.29 is 0 Å². The van der Waals surface area contributed by atoms with Gasteiger partial charge < -0.3 is 5.32 Å². The summed E-state index contributed by atoms with van der Waals surface area (Å²) in [7, 11) is 0. The Bertz CT molecular complexity index is 616. The number of hydrogen-bond acceptors (Lipinski definition) is 2. The third kappa shape index (κ3) is 2.60. The van der Waals surface area contributed by atoms with Crippen molar-refractivity contribution in [3.05, 3.63) is 51.8 Å². The van der Waals surface area contributed by atoms with E-state index in [0.29, 0.717) is 5.92 Å². The van der Waals surface area contributed by atoms with Gasteiger partial charge in [-0.05, 0) is 23.6 Å². The molecule has 0 bridgehead atoms. The van der Waals surface area contributed by atoms with Crippen molar-refractivity contribution in [1.82, 2.24) is 15.1 Å². The first-order valence-corrected chi connectivity index (χ1v) is 7.56. The fourth-order valence-corrected chi connectivity index (χ4v) is 3.06. The standard InChI is InChI=1S/C16H20ClN3/c1-11(2)16-14-9-18-7-6-15(14)20(19-16)10-12-4-3-5-13(17)8-12/h3-5,8,11,18H,6-7,9-10H2,1-2H3. The van der Waals surface area contributed by atoms with Crippen LogP contribution in [0.5, 0.6) is 0 Å². The first-order valence-electron chi connectivity index (χ1n) is 7.18. The van der Waals surface area contributed by atoms with Crippen molar-refractivity contribution in [2.75, 3.05) is 6.54 Å². The van der Waals surface area contributed by atoms with Gasteiger partial charge in [-0.1, -0.05) is 37.6 Å². The summed E-state index contributed by atoms with van der Waals surface area (Å²) in [5.41, 5.74) is 5.21. The van der Waals surface area contributed by atoms with Crippen LogP contribution < -0.4 is 5.32 Å². The van der Waals surface area contributed by atoms with E-state index in [4.69, 9.17) is 16.7 Å². The van der Waals surface area contributed by atoms with Crippen LogP contribution in [-0.2, 0) is 19.5 Å². The molecule has 0 aliphatic carbocycles. The van der Waals surface area contributed by atoms with Crippen LogP contribution in [0.25, 0.3) is 0 Å². The van der Waals surface area contributed by atoms with Crippen molar-refractivity contribution in [3.8, 4) is 0 Å². The summed E-state index contributed by atoms with van der Waals surface area (Å²) in [4.78, 5) is 0. The largest absolute Gasteiger partial charge is 0.312 e. The van der Waals surface area contributed by atoms with Crippen LogP contribution in [0, 0.1) is 0 Å². The Morgan fingerprint density at radius 2 is 2.25 bits per heavy atom. The average Bonchev–Trinajstić information content (AvgIpc) is 2.78. The van der Waals surface area contributed by atoms with Crippen LogP contribution in [0.3, 0.4) is 0 Å². The van der Waals surface area contributed by atoms with Crippen molar-refractivity contribution >= 4 is 11.6 Å². The van der Waals surface area contributed by atoms with E-state index in [0.717, 1.165) is 31.1 Å². The average molecular weight is 290 g/mol. The molecule has 1 aromatic carbocycles. The van der Waals surface area contributed by atoms with E-state index >= 15 is 0 Å². The quantitative estimate of drug-likeness (QED) is 0.939. The number of fused-ring (bicyclic) bond motifs is 1. The van der Waals surface area contributed by atoms with Crippen molar-refractivity contribution in [3.63, 3.8) is 0 Å². The third-order valence-corrected chi connectivity index (χ3v) is 4.04. The highest BCUT2D eigenvalue weighted by Crippen LogP contribution is 2.25. The number of nitrogens with one attached hydrogen (secondary N) is 1. The first kappa shape index (κ1) is 13.7. The maximum atomic E-state index is 6.07. The maximum Gasteiger partial charge on any atom is 0.0697 e. The lowest BCUT2D eigenvalue weighted by atomic mass is 10.0. The topological polar surface area (TPSA) is 29.9 Å². The second-order valence-corrected chi connectivity index (χ2v) is 6.12. The van der Waals surface area contributed by atoms with Gasteiger partial charge in [-0.15, -0.1) is 0 Å². The Kier molecular flexibility index (Phi) is 3.81. The minimum Gasteiger partial charge on any atom is -0.312 e. The number of aromatic nitrogens is 2. The van der Waals surface area contributed by atoms with Crippen LogP contribution in [0.2, 0.25) is 5.02 Å². The highest BCUT2D eigenvalue weighted by molar-refractivity contribution is 6.30. The number of rotatable bonds is 3.